The van der Waals surface area contributed by atoms with Crippen LogP contribution in [0.1, 0.15) is 0 Å². The molecule has 1 aromatic carbocycles. The standard InChI is InChI=1S/C8H5ClOS/c9-5-4-11-7-3-1-2-6(10)8(5)7/h1-4,10H. The summed E-state index contributed by atoms with van der Waals surface area (Å²) in [6.07, 6.45) is 0. The molecule has 0 aliphatic rings. The van der Waals surface area contributed by atoms with E-state index in [0.717, 1.165) is 10.1 Å². The van der Waals surface area contributed by atoms with Crippen molar-refractivity contribution >= 4 is 33.0 Å². The molecule has 0 radical (unpaired) electrons. The SMILES string of the molecule is Oc1cccc2scc(Cl)c12. The first kappa shape index (κ1) is 6.95. The van der Waals surface area contributed by atoms with Crippen LogP contribution in [0.3, 0.4) is 0 Å². The molecule has 0 fully saturated rings. The van der Waals surface area contributed by atoms with Crippen molar-refractivity contribution in [2.24, 2.45) is 0 Å². The van der Waals surface area contributed by atoms with Gasteiger partial charge in [-0.15, -0.1) is 11.3 Å². The number of phenolic OH excluding ortho intramolecular Hbond substituents is 1. The maximum absolute atomic E-state index is 9.36. The van der Waals surface area contributed by atoms with Crippen LogP contribution in [0.4, 0.5) is 0 Å². The summed E-state index contributed by atoms with van der Waals surface area (Å²) in [4.78, 5) is 0. The number of hydrogen-bond donors (Lipinski definition) is 1. The Kier molecular flexibility index (Phi) is 1.51. The van der Waals surface area contributed by atoms with Gasteiger partial charge in [0.1, 0.15) is 5.75 Å². The van der Waals surface area contributed by atoms with Gasteiger partial charge < -0.3 is 5.11 Å². The minimum Gasteiger partial charge on any atom is -0.507 e. The van der Waals surface area contributed by atoms with E-state index in [1.54, 1.807) is 6.07 Å². The number of benzene rings is 1. The first-order valence-corrected chi connectivity index (χ1v) is 4.39. The van der Waals surface area contributed by atoms with Gasteiger partial charge in [0, 0.05) is 10.1 Å². The second-order valence-electron chi connectivity index (χ2n) is 2.23. The zero-order valence-corrected chi connectivity index (χ0v) is 7.12. The quantitative estimate of drug-likeness (QED) is 0.667. The Morgan fingerprint density at radius 2 is 2.18 bits per heavy atom. The van der Waals surface area contributed by atoms with E-state index in [1.165, 1.54) is 11.3 Å². The van der Waals surface area contributed by atoms with Crippen LogP contribution in [0.15, 0.2) is 23.6 Å². The van der Waals surface area contributed by atoms with E-state index >= 15 is 0 Å². The molecule has 0 spiro atoms. The molecule has 0 unspecified atom stereocenters. The number of phenols is 1. The predicted molar refractivity (Wildman–Crippen MR) is 48.5 cm³/mol. The van der Waals surface area contributed by atoms with Crippen LogP contribution in [0.2, 0.25) is 5.02 Å². The number of fused-ring (bicyclic) bond motifs is 1. The predicted octanol–water partition coefficient (Wildman–Crippen LogP) is 3.26. The van der Waals surface area contributed by atoms with Crippen molar-refractivity contribution in [2.45, 2.75) is 0 Å². The molecular weight excluding hydrogens is 180 g/mol. The average Bonchev–Trinajstić information content (AvgIpc) is 2.34. The lowest BCUT2D eigenvalue weighted by atomic mass is 10.2. The largest absolute Gasteiger partial charge is 0.507 e. The topological polar surface area (TPSA) is 20.2 Å². The van der Waals surface area contributed by atoms with E-state index < -0.39 is 0 Å². The zero-order chi connectivity index (χ0) is 7.84. The summed E-state index contributed by atoms with van der Waals surface area (Å²) in [5, 5.41) is 12.6. The number of hydrogen-bond acceptors (Lipinski definition) is 2. The highest BCUT2D eigenvalue weighted by atomic mass is 35.5. The molecule has 3 heteroatoms. The van der Waals surface area contributed by atoms with Crippen molar-refractivity contribution in [2.75, 3.05) is 0 Å². The molecule has 0 aliphatic carbocycles. The summed E-state index contributed by atoms with van der Waals surface area (Å²) < 4.78 is 1.02. The Labute approximate surface area is 72.9 Å². The first-order chi connectivity index (χ1) is 5.29. The summed E-state index contributed by atoms with van der Waals surface area (Å²) >= 11 is 7.36. The summed E-state index contributed by atoms with van der Waals surface area (Å²) in [7, 11) is 0. The minimum atomic E-state index is 0.258. The van der Waals surface area contributed by atoms with Gasteiger partial charge in [-0.3, -0.25) is 0 Å². The summed E-state index contributed by atoms with van der Waals surface area (Å²) in [5.74, 6) is 0.258. The fourth-order valence-corrected chi connectivity index (χ4v) is 2.26. The van der Waals surface area contributed by atoms with Crippen LogP contribution < -0.4 is 0 Å². The van der Waals surface area contributed by atoms with Gasteiger partial charge in [0.15, 0.2) is 0 Å². The van der Waals surface area contributed by atoms with Crippen molar-refractivity contribution in [1.82, 2.24) is 0 Å². The van der Waals surface area contributed by atoms with Crippen LogP contribution in [-0.4, -0.2) is 5.11 Å². The van der Waals surface area contributed by atoms with E-state index in [2.05, 4.69) is 0 Å². The Bertz CT molecular complexity index is 394. The molecule has 2 aromatic rings. The third kappa shape index (κ3) is 0.988. The third-order valence-electron chi connectivity index (χ3n) is 1.53. The zero-order valence-electron chi connectivity index (χ0n) is 5.54. The Balaban J connectivity index is 2.96. The summed E-state index contributed by atoms with van der Waals surface area (Å²) in [6, 6.07) is 5.39. The Morgan fingerprint density at radius 3 is 2.91 bits per heavy atom. The maximum atomic E-state index is 9.36. The summed E-state index contributed by atoms with van der Waals surface area (Å²) in [6.45, 7) is 0. The molecule has 0 bridgehead atoms. The van der Waals surface area contributed by atoms with Crippen molar-refractivity contribution in [3.05, 3.63) is 28.6 Å². The van der Waals surface area contributed by atoms with Gasteiger partial charge in [-0.2, -0.15) is 0 Å². The van der Waals surface area contributed by atoms with Crippen LogP contribution in [0, 0.1) is 0 Å². The highest BCUT2D eigenvalue weighted by Gasteiger charge is 2.04. The van der Waals surface area contributed by atoms with E-state index in [0.29, 0.717) is 5.02 Å². The van der Waals surface area contributed by atoms with Crippen molar-refractivity contribution < 1.29 is 5.11 Å². The molecule has 0 saturated carbocycles. The number of halogens is 1. The molecule has 2 rings (SSSR count). The number of aromatic hydroxyl groups is 1. The van der Waals surface area contributed by atoms with Crippen molar-refractivity contribution in [3.63, 3.8) is 0 Å². The van der Waals surface area contributed by atoms with E-state index in [9.17, 15) is 5.11 Å². The van der Waals surface area contributed by atoms with Gasteiger partial charge in [0.25, 0.3) is 0 Å². The molecule has 1 nitrogen and oxygen atoms in total. The normalized spacial score (nSPS) is 10.6. The molecule has 56 valence electrons. The molecule has 11 heavy (non-hydrogen) atoms. The van der Waals surface area contributed by atoms with Crippen LogP contribution >= 0.6 is 22.9 Å². The molecule has 0 saturated heterocycles. The Morgan fingerprint density at radius 1 is 1.36 bits per heavy atom. The van der Waals surface area contributed by atoms with E-state index in [-0.39, 0.29) is 5.75 Å². The van der Waals surface area contributed by atoms with Gasteiger partial charge in [-0.05, 0) is 12.1 Å². The van der Waals surface area contributed by atoms with Crippen molar-refractivity contribution in [1.29, 1.82) is 0 Å². The lowest BCUT2D eigenvalue weighted by Crippen LogP contribution is -1.65. The maximum Gasteiger partial charge on any atom is 0.125 e. The van der Waals surface area contributed by atoms with Crippen molar-refractivity contribution in [3.8, 4) is 5.75 Å². The molecular formula is C8H5ClOS. The minimum absolute atomic E-state index is 0.258. The number of thiophene rings is 1. The van der Waals surface area contributed by atoms with Gasteiger partial charge in [0.2, 0.25) is 0 Å². The molecule has 1 heterocycles. The van der Waals surface area contributed by atoms with Gasteiger partial charge >= 0.3 is 0 Å². The third-order valence-corrected chi connectivity index (χ3v) is 2.91. The highest BCUT2D eigenvalue weighted by molar-refractivity contribution is 7.17. The fraction of sp³-hybridized carbons (Fsp3) is 0. The summed E-state index contributed by atoms with van der Waals surface area (Å²) in [5.41, 5.74) is 0. The molecule has 0 aliphatic heterocycles. The fourth-order valence-electron chi connectivity index (χ4n) is 1.03. The van der Waals surface area contributed by atoms with Crippen LogP contribution in [0.25, 0.3) is 10.1 Å². The molecule has 1 aromatic heterocycles. The lowest BCUT2D eigenvalue weighted by Gasteiger charge is -1.92. The van der Waals surface area contributed by atoms with Crippen LogP contribution in [0.5, 0.6) is 5.75 Å². The number of rotatable bonds is 0. The van der Waals surface area contributed by atoms with Gasteiger partial charge in [-0.25, -0.2) is 0 Å². The second kappa shape index (κ2) is 2.40. The Hall–Kier alpha value is -0.730. The van der Waals surface area contributed by atoms with Gasteiger partial charge in [0.05, 0.1) is 10.4 Å². The van der Waals surface area contributed by atoms with Crippen LogP contribution in [-0.2, 0) is 0 Å². The molecule has 0 atom stereocenters. The van der Waals surface area contributed by atoms with Gasteiger partial charge in [-0.1, -0.05) is 17.7 Å². The smallest absolute Gasteiger partial charge is 0.125 e. The molecule has 0 amide bonds. The highest BCUT2D eigenvalue weighted by Crippen LogP contribution is 2.35. The van der Waals surface area contributed by atoms with E-state index in [1.807, 2.05) is 17.5 Å². The lowest BCUT2D eigenvalue weighted by molar-refractivity contribution is 0.482. The second-order valence-corrected chi connectivity index (χ2v) is 3.55. The molecule has 1 N–H and O–H groups in total. The average molecular weight is 185 g/mol. The first-order valence-electron chi connectivity index (χ1n) is 3.14. The monoisotopic (exact) mass is 184 g/mol. The van der Waals surface area contributed by atoms with E-state index in [4.69, 9.17) is 11.6 Å².